The van der Waals surface area contributed by atoms with Crippen LogP contribution in [-0.4, -0.2) is 49.3 Å². The molecule has 3 N–H and O–H groups in total. The molecule has 0 spiro atoms. The second-order valence-corrected chi connectivity index (χ2v) is 26.2. The number of rotatable bonds is 70. The zero-order valence-electron chi connectivity index (χ0n) is 57.9. The molecule has 9 nitrogen and oxygen atoms in total. The molecule has 0 saturated heterocycles. The summed E-state index contributed by atoms with van der Waals surface area (Å²) in [6, 6.07) is 0. The molecule has 2 atom stereocenters. The smallest absolute Gasteiger partial charge is 0.462 e. The molecule has 2 unspecified atom stereocenters. The van der Waals surface area contributed by atoms with Crippen molar-refractivity contribution in [2.75, 3.05) is 26.4 Å². The summed E-state index contributed by atoms with van der Waals surface area (Å²) in [6.45, 7) is 3.66. The number of phosphoric acid groups is 1. The van der Waals surface area contributed by atoms with E-state index in [9.17, 15) is 19.0 Å². The van der Waals surface area contributed by atoms with Crippen LogP contribution in [0.2, 0.25) is 0 Å². The SMILES string of the molecule is CC/C=C\C/C=C\C/C=C\C/C=C\C/C=C\C/C=C\C/C=C\CCCCCCCCCCCCCCCC(=O)OC(COC(=O)CCCCCCCCCCCCCCCCCCCCCCC/C=C\C/C=C\CCCCCCC)COP(=O)(O)OCCN. The monoisotopic (exact) mass is 1260 g/mol. The molecule has 0 radical (unpaired) electrons. The fourth-order valence-corrected chi connectivity index (χ4v) is 11.4. The standard InChI is InChI=1S/C79H140NO8P/c1-3-5-7-9-11-13-15-17-19-21-23-25-27-29-31-33-35-37-38-40-42-44-46-48-50-52-54-56-58-60-62-64-66-68-70-72-79(82)88-77(76-87-89(83,84)86-74-73-80)75-85-78(81)71-69-67-65-63-61-59-57-55-53-51-49-47-45-43-41-39-36-34-32-30-28-26-24-22-20-18-16-14-12-10-8-6-4-2/h5,7,11,13,16-19,22-25,29,31,35,37,40,42,77H,3-4,6,8-10,12,14-15,20-21,26-28,30,32-34,36,38-39,41,43-76,80H2,1-2H3,(H,83,84)/b7-5-,13-11-,18-16-,19-17-,24-22-,25-23-,31-29-,37-35-,42-40-. The van der Waals surface area contributed by atoms with Crippen LogP contribution in [0.5, 0.6) is 0 Å². The average molecular weight is 1260 g/mol. The molecule has 0 aliphatic carbocycles. The first-order valence-electron chi connectivity index (χ1n) is 37.4. The van der Waals surface area contributed by atoms with Crippen molar-refractivity contribution in [2.24, 2.45) is 5.73 Å². The van der Waals surface area contributed by atoms with E-state index < -0.39 is 26.5 Å². The van der Waals surface area contributed by atoms with Crippen molar-refractivity contribution in [3.63, 3.8) is 0 Å². The van der Waals surface area contributed by atoms with Gasteiger partial charge in [0.05, 0.1) is 13.2 Å². The number of allylic oxidation sites excluding steroid dienone is 18. The normalized spacial score (nSPS) is 13.5. The quantitative estimate of drug-likeness (QED) is 0.0264. The Labute approximate surface area is 549 Å². The number of phosphoric ester groups is 1. The van der Waals surface area contributed by atoms with Crippen molar-refractivity contribution in [1.82, 2.24) is 0 Å². The molecule has 0 amide bonds. The van der Waals surface area contributed by atoms with Gasteiger partial charge in [-0.3, -0.25) is 18.6 Å². The van der Waals surface area contributed by atoms with E-state index in [1.165, 1.54) is 225 Å². The Hall–Kier alpha value is -3.33. The lowest BCUT2D eigenvalue weighted by Crippen LogP contribution is -2.29. The highest BCUT2D eigenvalue weighted by molar-refractivity contribution is 7.47. The molecule has 89 heavy (non-hydrogen) atoms. The number of hydrogen-bond donors (Lipinski definition) is 2. The Balaban J connectivity index is 3.85. The van der Waals surface area contributed by atoms with E-state index in [1.54, 1.807) is 0 Å². The van der Waals surface area contributed by atoms with Gasteiger partial charge >= 0.3 is 19.8 Å². The number of carbonyl (C=O) groups excluding carboxylic acids is 2. The van der Waals surface area contributed by atoms with Gasteiger partial charge in [0.25, 0.3) is 0 Å². The van der Waals surface area contributed by atoms with Crippen LogP contribution in [-0.2, 0) is 32.7 Å². The third-order valence-corrected chi connectivity index (χ3v) is 17.1. The van der Waals surface area contributed by atoms with Gasteiger partial charge in [0.15, 0.2) is 6.10 Å². The van der Waals surface area contributed by atoms with Gasteiger partial charge in [0, 0.05) is 19.4 Å². The first-order valence-corrected chi connectivity index (χ1v) is 38.9. The summed E-state index contributed by atoms with van der Waals surface area (Å²) >= 11 is 0. The van der Waals surface area contributed by atoms with Gasteiger partial charge < -0.3 is 20.1 Å². The largest absolute Gasteiger partial charge is 0.472 e. The topological polar surface area (TPSA) is 134 Å². The summed E-state index contributed by atoms with van der Waals surface area (Å²) in [5.41, 5.74) is 5.41. The van der Waals surface area contributed by atoms with E-state index in [0.717, 1.165) is 89.9 Å². The number of esters is 2. The van der Waals surface area contributed by atoms with Gasteiger partial charge in [0.1, 0.15) is 6.61 Å². The number of carbonyl (C=O) groups is 2. The fraction of sp³-hybridized carbons (Fsp3) is 0.747. The number of ether oxygens (including phenoxy) is 2. The fourth-order valence-electron chi connectivity index (χ4n) is 10.7. The molecule has 0 aromatic heterocycles. The van der Waals surface area contributed by atoms with E-state index in [4.69, 9.17) is 24.3 Å². The van der Waals surface area contributed by atoms with Crippen molar-refractivity contribution in [3.05, 3.63) is 109 Å². The molecule has 0 heterocycles. The molecular formula is C79H140NO8P. The lowest BCUT2D eigenvalue weighted by Gasteiger charge is -2.19. The molecule has 0 saturated carbocycles. The van der Waals surface area contributed by atoms with E-state index in [2.05, 4.69) is 123 Å². The van der Waals surface area contributed by atoms with E-state index in [-0.39, 0.29) is 38.6 Å². The summed E-state index contributed by atoms with van der Waals surface area (Å²) in [6.07, 6.45) is 102. The van der Waals surface area contributed by atoms with Crippen molar-refractivity contribution in [1.29, 1.82) is 0 Å². The Kier molecular flexibility index (Phi) is 71.0. The van der Waals surface area contributed by atoms with Gasteiger partial charge in [-0.1, -0.05) is 342 Å². The maximum absolute atomic E-state index is 12.8. The van der Waals surface area contributed by atoms with Gasteiger partial charge in [-0.15, -0.1) is 0 Å². The van der Waals surface area contributed by atoms with E-state index in [0.29, 0.717) is 6.42 Å². The van der Waals surface area contributed by atoms with Crippen LogP contribution in [0.1, 0.15) is 348 Å². The lowest BCUT2D eigenvalue weighted by molar-refractivity contribution is -0.161. The Morgan fingerprint density at radius 1 is 0.348 bits per heavy atom. The molecule has 0 bridgehead atoms. The van der Waals surface area contributed by atoms with Gasteiger partial charge in [-0.2, -0.15) is 0 Å². The molecule has 0 aliphatic rings. The predicted molar refractivity (Wildman–Crippen MR) is 385 cm³/mol. The van der Waals surface area contributed by atoms with Gasteiger partial charge in [-0.25, -0.2) is 4.57 Å². The third-order valence-electron chi connectivity index (χ3n) is 16.1. The highest BCUT2D eigenvalue weighted by Gasteiger charge is 2.26. The minimum Gasteiger partial charge on any atom is -0.462 e. The van der Waals surface area contributed by atoms with Crippen LogP contribution in [0.4, 0.5) is 0 Å². The minimum absolute atomic E-state index is 0.0510. The summed E-state index contributed by atoms with van der Waals surface area (Å²) in [7, 11) is -4.40. The molecule has 0 fully saturated rings. The van der Waals surface area contributed by atoms with Crippen LogP contribution < -0.4 is 5.73 Å². The van der Waals surface area contributed by atoms with Crippen LogP contribution in [0, 0.1) is 0 Å². The van der Waals surface area contributed by atoms with E-state index >= 15 is 0 Å². The summed E-state index contributed by atoms with van der Waals surface area (Å²) in [5, 5.41) is 0. The number of unbranched alkanes of at least 4 members (excludes halogenated alkanes) is 39. The summed E-state index contributed by atoms with van der Waals surface area (Å²) in [4.78, 5) is 35.4. The van der Waals surface area contributed by atoms with Crippen LogP contribution >= 0.6 is 7.82 Å². The molecule has 514 valence electrons. The van der Waals surface area contributed by atoms with Crippen LogP contribution in [0.15, 0.2) is 109 Å². The lowest BCUT2D eigenvalue weighted by atomic mass is 10.0. The third kappa shape index (κ3) is 73.6. The van der Waals surface area contributed by atoms with Crippen LogP contribution in [0.25, 0.3) is 0 Å². The molecular weight excluding hydrogens is 1120 g/mol. The van der Waals surface area contributed by atoms with Crippen molar-refractivity contribution in [2.45, 2.75) is 354 Å². The maximum Gasteiger partial charge on any atom is 0.472 e. The molecule has 0 aliphatic heterocycles. The highest BCUT2D eigenvalue weighted by atomic mass is 31.2. The molecule has 10 heteroatoms. The average Bonchev–Trinajstić information content (AvgIpc) is 3.66. The second-order valence-electron chi connectivity index (χ2n) is 24.8. The summed E-state index contributed by atoms with van der Waals surface area (Å²) < 4.78 is 33.2. The zero-order chi connectivity index (χ0) is 64.4. The van der Waals surface area contributed by atoms with Crippen molar-refractivity contribution in [3.8, 4) is 0 Å². The number of nitrogens with two attached hydrogens (primary N) is 1. The van der Waals surface area contributed by atoms with Gasteiger partial charge in [-0.05, 0) is 103 Å². The molecule has 0 aromatic carbocycles. The first kappa shape index (κ1) is 85.7. The highest BCUT2D eigenvalue weighted by Crippen LogP contribution is 2.43. The number of hydrogen-bond acceptors (Lipinski definition) is 8. The Morgan fingerprint density at radius 3 is 0.921 bits per heavy atom. The predicted octanol–water partition coefficient (Wildman–Crippen LogP) is 24.9. The van der Waals surface area contributed by atoms with Crippen LogP contribution in [0.3, 0.4) is 0 Å². The van der Waals surface area contributed by atoms with E-state index in [1.807, 2.05) is 0 Å². The van der Waals surface area contributed by atoms with Gasteiger partial charge in [0.2, 0.25) is 0 Å². The molecule has 0 aromatic rings. The van der Waals surface area contributed by atoms with Crippen molar-refractivity contribution < 1.29 is 37.6 Å². The molecule has 0 rings (SSSR count). The van der Waals surface area contributed by atoms with Crippen molar-refractivity contribution >= 4 is 19.8 Å². The minimum atomic E-state index is -4.40. The Bertz CT molecular complexity index is 1830. The summed E-state index contributed by atoms with van der Waals surface area (Å²) in [5.74, 6) is -0.818. The Morgan fingerprint density at radius 2 is 0.618 bits per heavy atom. The maximum atomic E-state index is 12.8. The first-order chi connectivity index (χ1) is 43.8. The zero-order valence-corrected chi connectivity index (χ0v) is 58.8. The second kappa shape index (κ2) is 73.7.